The second-order valence-corrected chi connectivity index (χ2v) is 6.09. The number of methoxy groups -OCH3 is 1. The van der Waals surface area contributed by atoms with E-state index < -0.39 is 6.23 Å². The molecule has 2 N–H and O–H groups in total. The monoisotopic (exact) mass is 342 g/mol. The number of ether oxygens (including phenoxy) is 2. The maximum atomic E-state index is 12.1. The van der Waals surface area contributed by atoms with Crippen molar-refractivity contribution in [2.45, 2.75) is 39.5 Å². The Labute approximate surface area is 149 Å². The van der Waals surface area contributed by atoms with Crippen LogP contribution in [0.2, 0.25) is 0 Å². The largest absolute Gasteiger partial charge is 0.496 e. The molecule has 0 radical (unpaired) electrons. The molecule has 25 heavy (non-hydrogen) atoms. The molecule has 0 aliphatic heterocycles. The van der Waals surface area contributed by atoms with Gasteiger partial charge < -0.3 is 20.1 Å². The predicted octanol–water partition coefficient (Wildman–Crippen LogP) is 4.04. The molecule has 0 saturated carbocycles. The first-order valence-corrected chi connectivity index (χ1v) is 8.43. The summed E-state index contributed by atoms with van der Waals surface area (Å²) in [6.45, 7) is 6.41. The van der Waals surface area contributed by atoms with Crippen LogP contribution in [0.4, 0.5) is 4.79 Å². The molecule has 2 rings (SSSR count). The lowest BCUT2D eigenvalue weighted by Gasteiger charge is -2.20. The Bertz CT molecular complexity index is 701. The van der Waals surface area contributed by atoms with E-state index in [4.69, 9.17) is 9.47 Å². The van der Waals surface area contributed by atoms with Gasteiger partial charge in [0.05, 0.1) is 7.11 Å². The molecule has 0 aliphatic carbocycles. The average molecular weight is 342 g/mol. The lowest BCUT2D eigenvalue weighted by atomic mass is 10.0. The van der Waals surface area contributed by atoms with Crippen molar-refractivity contribution in [1.82, 2.24) is 10.6 Å². The molecule has 0 heterocycles. The van der Waals surface area contributed by atoms with Crippen LogP contribution >= 0.6 is 0 Å². The Morgan fingerprint density at radius 2 is 1.64 bits per heavy atom. The molecule has 0 spiro atoms. The summed E-state index contributed by atoms with van der Waals surface area (Å²) in [5.74, 6) is 1.88. The van der Waals surface area contributed by atoms with Crippen molar-refractivity contribution in [1.29, 1.82) is 0 Å². The molecule has 1 unspecified atom stereocenters. The molecule has 2 amide bonds. The van der Waals surface area contributed by atoms with Gasteiger partial charge in [-0.3, -0.25) is 0 Å². The summed E-state index contributed by atoms with van der Waals surface area (Å²) in [7, 11) is 1.61. The zero-order valence-corrected chi connectivity index (χ0v) is 15.2. The fourth-order valence-electron chi connectivity index (χ4n) is 2.54. The third kappa shape index (κ3) is 5.41. The molecule has 0 aromatic heterocycles. The fourth-order valence-corrected chi connectivity index (χ4v) is 2.54. The van der Waals surface area contributed by atoms with Crippen LogP contribution in [0.5, 0.6) is 11.5 Å². The average Bonchev–Trinajstić information content (AvgIpc) is 2.60. The quantitative estimate of drug-likeness (QED) is 0.747. The minimum atomic E-state index is -0.447. The summed E-state index contributed by atoms with van der Waals surface area (Å²) in [5, 5.41) is 5.61. The third-order valence-electron chi connectivity index (χ3n) is 3.81. The molecule has 1 atom stereocenters. The molecule has 0 bridgehead atoms. The van der Waals surface area contributed by atoms with Crippen LogP contribution in [0.15, 0.2) is 48.5 Å². The Morgan fingerprint density at radius 1 is 1.00 bits per heavy atom. The highest BCUT2D eigenvalue weighted by atomic mass is 16.5. The molecule has 2 aromatic carbocycles. The number of carbonyl (C=O) groups excluding carboxylic acids is 1. The van der Waals surface area contributed by atoms with Crippen molar-refractivity contribution in [3.05, 3.63) is 59.7 Å². The molecule has 0 saturated heterocycles. The van der Waals surface area contributed by atoms with E-state index in [1.165, 1.54) is 0 Å². The van der Waals surface area contributed by atoms with Crippen LogP contribution in [0.25, 0.3) is 0 Å². The summed E-state index contributed by atoms with van der Waals surface area (Å²) in [4.78, 5) is 12.1. The predicted molar refractivity (Wildman–Crippen MR) is 99.0 cm³/mol. The van der Waals surface area contributed by atoms with Gasteiger partial charge >= 0.3 is 6.03 Å². The second-order valence-electron chi connectivity index (χ2n) is 6.09. The van der Waals surface area contributed by atoms with Gasteiger partial charge in [0.2, 0.25) is 0 Å². The Balaban J connectivity index is 1.88. The fraction of sp³-hybridized carbons (Fsp3) is 0.350. The minimum absolute atomic E-state index is 0.291. The summed E-state index contributed by atoms with van der Waals surface area (Å²) in [5.41, 5.74) is 2.03. The summed E-state index contributed by atoms with van der Waals surface area (Å²) >= 11 is 0. The number of benzene rings is 2. The Kier molecular flexibility index (Phi) is 6.69. The lowest BCUT2D eigenvalue weighted by molar-refractivity contribution is 0.175. The molecular weight excluding hydrogens is 316 g/mol. The normalized spacial score (nSPS) is 11.7. The number of amides is 2. The smallest absolute Gasteiger partial charge is 0.317 e. The minimum Gasteiger partial charge on any atom is -0.496 e. The van der Waals surface area contributed by atoms with Crippen LogP contribution in [-0.4, -0.2) is 19.4 Å². The van der Waals surface area contributed by atoms with Gasteiger partial charge in [-0.1, -0.05) is 50.2 Å². The maximum Gasteiger partial charge on any atom is 0.317 e. The van der Waals surface area contributed by atoms with Gasteiger partial charge in [-0.25, -0.2) is 4.79 Å². The van der Waals surface area contributed by atoms with Crippen LogP contribution < -0.4 is 20.1 Å². The second kappa shape index (κ2) is 8.97. The van der Waals surface area contributed by atoms with Gasteiger partial charge in [-0.15, -0.1) is 0 Å². The summed E-state index contributed by atoms with van der Waals surface area (Å²) in [6.07, 6.45) is -0.447. The number of hydrogen-bond donors (Lipinski definition) is 2. The van der Waals surface area contributed by atoms with Gasteiger partial charge in [-0.2, -0.15) is 0 Å². The molecule has 0 fully saturated rings. The van der Waals surface area contributed by atoms with Gasteiger partial charge in [0, 0.05) is 12.1 Å². The van der Waals surface area contributed by atoms with Crippen LogP contribution in [0, 0.1) is 0 Å². The molecule has 134 valence electrons. The number of rotatable bonds is 7. The molecule has 2 aromatic rings. The van der Waals surface area contributed by atoms with E-state index in [2.05, 4.69) is 24.5 Å². The Hall–Kier alpha value is -2.69. The van der Waals surface area contributed by atoms with Crippen molar-refractivity contribution in [2.24, 2.45) is 0 Å². The van der Waals surface area contributed by atoms with Gasteiger partial charge in [0.25, 0.3) is 0 Å². The van der Waals surface area contributed by atoms with Gasteiger partial charge in [-0.05, 0) is 30.5 Å². The van der Waals surface area contributed by atoms with E-state index in [1.807, 2.05) is 48.5 Å². The van der Waals surface area contributed by atoms with E-state index in [-0.39, 0.29) is 6.03 Å². The SMILES string of the molecule is COc1ccccc1CNC(=O)NC(C)Oc1ccccc1C(C)C. The van der Waals surface area contributed by atoms with E-state index in [1.54, 1.807) is 14.0 Å². The number of urea groups is 1. The van der Waals surface area contributed by atoms with Gasteiger partial charge in [0.1, 0.15) is 11.5 Å². The zero-order chi connectivity index (χ0) is 18.2. The highest BCUT2D eigenvalue weighted by Gasteiger charge is 2.13. The first-order valence-electron chi connectivity index (χ1n) is 8.43. The topological polar surface area (TPSA) is 59.6 Å². The van der Waals surface area contributed by atoms with E-state index in [9.17, 15) is 4.79 Å². The number of hydrogen-bond acceptors (Lipinski definition) is 3. The van der Waals surface area contributed by atoms with E-state index >= 15 is 0 Å². The highest BCUT2D eigenvalue weighted by molar-refractivity contribution is 5.74. The first-order chi connectivity index (χ1) is 12.0. The maximum absolute atomic E-state index is 12.1. The van der Waals surface area contributed by atoms with Crippen LogP contribution in [-0.2, 0) is 6.54 Å². The first kappa shape index (κ1) is 18.6. The highest BCUT2D eigenvalue weighted by Crippen LogP contribution is 2.26. The van der Waals surface area contributed by atoms with Gasteiger partial charge in [0.15, 0.2) is 6.23 Å². The summed E-state index contributed by atoms with van der Waals surface area (Å²) in [6, 6.07) is 15.2. The zero-order valence-electron chi connectivity index (χ0n) is 15.2. The van der Waals surface area contributed by atoms with E-state index in [0.717, 1.165) is 22.6 Å². The number of para-hydroxylation sites is 2. The number of carbonyl (C=O) groups is 1. The molecule has 5 heteroatoms. The van der Waals surface area contributed by atoms with Crippen molar-refractivity contribution < 1.29 is 14.3 Å². The van der Waals surface area contributed by atoms with Crippen molar-refractivity contribution >= 4 is 6.03 Å². The van der Waals surface area contributed by atoms with Crippen molar-refractivity contribution in [3.8, 4) is 11.5 Å². The number of nitrogens with one attached hydrogen (secondary N) is 2. The van der Waals surface area contributed by atoms with Crippen molar-refractivity contribution in [2.75, 3.05) is 7.11 Å². The standard InChI is InChI=1S/C20H26N2O3/c1-14(2)17-10-6-8-12-19(17)25-15(3)22-20(23)21-13-16-9-5-7-11-18(16)24-4/h5-12,14-15H,13H2,1-4H3,(H2,21,22,23). The van der Waals surface area contributed by atoms with E-state index in [0.29, 0.717) is 12.5 Å². The summed E-state index contributed by atoms with van der Waals surface area (Å²) < 4.78 is 11.2. The molecule has 0 aliphatic rings. The van der Waals surface area contributed by atoms with Crippen LogP contribution in [0.3, 0.4) is 0 Å². The lowest BCUT2D eigenvalue weighted by Crippen LogP contribution is -2.43. The Morgan fingerprint density at radius 3 is 2.32 bits per heavy atom. The van der Waals surface area contributed by atoms with Crippen molar-refractivity contribution in [3.63, 3.8) is 0 Å². The molecule has 5 nitrogen and oxygen atoms in total. The van der Waals surface area contributed by atoms with Crippen LogP contribution in [0.1, 0.15) is 37.8 Å². The molecular formula is C20H26N2O3. The third-order valence-corrected chi connectivity index (χ3v) is 3.81.